The standard InChI is InChI=1S/C15H15Cl2N3O.C2HF3O2/c16-13-5-4-11(7-14(13)17)9-21-12-3-1-2-10(6-12)8-20-15(18)19;3-2(4,5)1(6)7/h1-7H,8-9H2,(H4,18,19,20);(H,6,7). The molecular formula is C17H16Cl2F3N3O3. The van der Waals surface area contributed by atoms with Crippen LogP contribution in [0.3, 0.4) is 0 Å². The number of carbonyl (C=O) groups is 1. The zero-order chi connectivity index (χ0) is 21.3. The van der Waals surface area contributed by atoms with E-state index in [4.69, 9.17) is 49.3 Å². The summed E-state index contributed by atoms with van der Waals surface area (Å²) in [7, 11) is 0. The van der Waals surface area contributed by atoms with Crippen LogP contribution in [0.25, 0.3) is 0 Å². The molecule has 28 heavy (non-hydrogen) atoms. The monoisotopic (exact) mass is 437 g/mol. The molecule has 0 heterocycles. The Bertz CT molecular complexity index is 842. The van der Waals surface area contributed by atoms with Crippen molar-refractivity contribution >= 4 is 35.1 Å². The number of nitrogens with two attached hydrogens (primary N) is 2. The molecule has 11 heteroatoms. The third kappa shape index (κ3) is 8.83. The van der Waals surface area contributed by atoms with E-state index in [-0.39, 0.29) is 5.96 Å². The molecule has 0 aliphatic rings. The third-order valence-corrected chi connectivity index (χ3v) is 3.71. The summed E-state index contributed by atoms with van der Waals surface area (Å²) < 4.78 is 37.5. The van der Waals surface area contributed by atoms with Crippen LogP contribution in [0.1, 0.15) is 11.1 Å². The number of hydrogen-bond donors (Lipinski definition) is 3. The Morgan fingerprint density at radius 2 is 1.71 bits per heavy atom. The van der Waals surface area contributed by atoms with Crippen molar-refractivity contribution in [3.8, 4) is 5.75 Å². The van der Waals surface area contributed by atoms with Gasteiger partial charge in [0, 0.05) is 0 Å². The number of aliphatic carboxylic acids is 1. The van der Waals surface area contributed by atoms with E-state index >= 15 is 0 Å². The minimum absolute atomic E-state index is 0.0668. The van der Waals surface area contributed by atoms with Crippen LogP contribution < -0.4 is 16.2 Å². The number of carboxylic acid groups (broad SMARTS) is 1. The molecule has 0 aliphatic carbocycles. The number of nitrogens with zero attached hydrogens (tertiary/aromatic N) is 1. The molecule has 0 atom stereocenters. The Labute approximate surface area is 168 Å². The normalized spacial score (nSPS) is 10.5. The Morgan fingerprint density at radius 1 is 1.07 bits per heavy atom. The van der Waals surface area contributed by atoms with Crippen molar-refractivity contribution in [2.75, 3.05) is 0 Å². The number of hydrogen-bond acceptors (Lipinski definition) is 3. The summed E-state index contributed by atoms with van der Waals surface area (Å²) >= 11 is 11.8. The predicted octanol–water partition coefficient (Wildman–Crippen LogP) is 3.98. The van der Waals surface area contributed by atoms with Gasteiger partial charge in [-0.05, 0) is 35.4 Å². The number of alkyl halides is 3. The molecule has 2 aromatic carbocycles. The molecule has 0 saturated heterocycles. The van der Waals surface area contributed by atoms with Gasteiger partial charge >= 0.3 is 12.1 Å². The van der Waals surface area contributed by atoms with Crippen LogP contribution in [-0.4, -0.2) is 23.2 Å². The maximum absolute atomic E-state index is 10.6. The first-order valence-electron chi connectivity index (χ1n) is 7.50. The van der Waals surface area contributed by atoms with Crippen molar-refractivity contribution in [2.45, 2.75) is 19.3 Å². The van der Waals surface area contributed by atoms with Gasteiger partial charge in [-0.1, -0.05) is 41.4 Å². The van der Waals surface area contributed by atoms with Crippen LogP contribution in [0.4, 0.5) is 13.2 Å². The number of halogens is 5. The molecule has 0 amide bonds. The van der Waals surface area contributed by atoms with Crippen molar-refractivity contribution in [3.05, 3.63) is 63.6 Å². The predicted molar refractivity (Wildman–Crippen MR) is 100 cm³/mol. The van der Waals surface area contributed by atoms with Crippen LogP contribution in [0.2, 0.25) is 10.0 Å². The SMILES string of the molecule is NC(N)=NCc1cccc(OCc2ccc(Cl)c(Cl)c2)c1.O=C(O)C(F)(F)F. The molecule has 0 aliphatic heterocycles. The van der Waals surface area contributed by atoms with Crippen LogP contribution >= 0.6 is 23.2 Å². The molecule has 5 N–H and O–H groups in total. The average Bonchev–Trinajstić information content (AvgIpc) is 2.61. The van der Waals surface area contributed by atoms with E-state index in [0.29, 0.717) is 23.2 Å². The smallest absolute Gasteiger partial charge is 0.489 e. The molecule has 0 radical (unpaired) electrons. The van der Waals surface area contributed by atoms with E-state index in [0.717, 1.165) is 16.9 Å². The van der Waals surface area contributed by atoms with Gasteiger partial charge in [-0.2, -0.15) is 13.2 Å². The van der Waals surface area contributed by atoms with Gasteiger partial charge in [-0.25, -0.2) is 9.79 Å². The number of benzene rings is 2. The molecule has 0 fully saturated rings. The Hall–Kier alpha value is -2.65. The summed E-state index contributed by atoms with van der Waals surface area (Å²) in [5, 5.41) is 8.17. The van der Waals surface area contributed by atoms with Crippen LogP contribution in [0.5, 0.6) is 5.75 Å². The molecule has 2 rings (SSSR count). The number of carboxylic acids is 1. The molecular weight excluding hydrogens is 422 g/mol. The van der Waals surface area contributed by atoms with Crippen molar-refractivity contribution in [2.24, 2.45) is 16.5 Å². The lowest BCUT2D eigenvalue weighted by atomic mass is 10.2. The van der Waals surface area contributed by atoms with Gasteiger partial charge < -0.3 is 21.3 Å². The minimum Gasteiger partial charge on any atom is -0.489 e. The summed E-state index contributed by atoms with van der Waals surface area (Å²) in [5.74, 6) is -1.95. The van der Waals surface area contributed by atoms with Crippen LogP contribution in [-0.2, 0) is 17.9 Å². The van der Waals surface area contributed by atoms with Crippen LogP contribution in [0, 0.1) is 0 Å². The Kier molecular flexibility index (Phi) is 8.87. The largest absolute Gasteiger partial charge is 0.490 e. The minimum atomic E-state index is -5.08. The molecule has 6 nitrogen and oxygen atoms in total. The highest BCUT2D eigenvalue weighted by atomic mass is 35.5. The van der Waals surface area contributed by atoms with E-state index < -0.39 is 12.1 Å². The van der Waals surface area contributed by atoms with E-state index in [2.05, 4.69) is 4.99 Å². The fraction of sp³-hybridized carbons (Fsp3) is 0.176. The average molecular weight is 438 g/mol. The molecule has 0 spiro atoms. The maximum Gasteiger partial charge on any atom is 0.490 e. The molecule has 0 unspecified atom stereocenters. The Balaban J connectivity index is 0.000000480. The number of ether oxygens (including phenoxy) is 1. The van der Waals surface area contributed by atoms with Gasteiger partial charge in [0.05, 0.1) is 16.6 Å². The summed E-state index contributed by atoms with van der Waals surface area (Å²) in [6.07, 6.45) is -5.08. The summed E-state index contributed by atoms with van der Waals surface area (Å²) in [6.45, 7) is 0.828. The molecule has 0 aromatic heterocycles. The molecule has 0 saturated carbocycles. The highest BCUT2D eigenvalue weighted by molar-refractivity contribution is 6.42. The van der Waals surface area contributed by atoms with Crippen molar-refractivity contribution in [1.82, 2.24) is 0 Å². The first-order valence-corrected chi connectivity index (χ1v) is 8.26. The molecule has 0 bridgehead atoms. The van der Waals surface area contributed by atoms with Crippen LogP contribution in [0.15, 0.2) is 47.5 Å². The Morgan fingerprint density at radius 3 is 2.25 bits per heavy atom. The van der Waals surface area contributed by atoms with Gasteiger partial charge in [0.15, 0.2) is 5.96 Å². The lowest BCUT2D eigenvalue weighted by Gasteiger charge is -2.08. The zero-order valence-electron chi connectivity index (χ0n) is 14.2. The zero-order valence-corrected chi connectivity index (χ0v) is 15.7. The topological polar surface area (TPSA) is 111 Å². The summed E-state index contributed by atoms with van der Waals surface area (Å²) in [4.78, 5) is 12.9. The highest BCUT2D eigenvalue weighted by Gasteiger charge is 2.38. The van der Waals surface area contributed by atoms with E-state index in [1.165, 1.54) is 0 Å². The second-order valence-corrected chi connectivity index (χ2v) is 6.04. The molecule has 152 valence electrons. The number of rotatable bonds is 5. The van der Waals surface area contributed by atoms with E-state index in [9.17, 15) is 13.2 Å². The number of guanidine groups is 1. The van der Waals surface area contributed by atoms with E-state index in [1.54, 1.807) is 12.1 Å². The fourth-order valence-corrected chi connectivity index (χ4v) is 2.03. The summed E-state index contributed by atoms with van der Waals surface area (Å²) in [6, 6.07) is 13.0. The first kappa shape index (κ1) is 23.4. The van der Waals surface area contributed by atoms with Gasteiger partial charge in [0.25, 0.3) is 0 Å². The molecule has 2 aromatic rings. The first-order chi connectivity index (χ1) is 13.0. The lowest BCUT2D eigenvalue weighted by molar-refractivity contribution is -0.192. The second kappa shape index (κ2) is 10.6. The van der Waals surface area contributed by atoms with Gasteiger partial charge in [0.2, 0.25) is 0 Å². The van der Waals surface area contributed by atoms with Gasteiger partial charge in [0.1, 0.15) is 12.4 Å². The third-order valence-electron chi connectivity index (χ3n) is 2.97. The highest BCUT2D eigenvalue weighted by Crippen LogP contribution is 2.23. The fourth-order valence-electron chi connectivity index (χ4n) is 1.71. The van der Waals surface area contributed by atoms with Crippen molar-refractivity contribution in [1.29, 1.82) is 0 Å². The van der Waals surface area contributed by atoms with Crippen molar-refractivity contribution in [3.63, 3.8) is 0 Å². The maximum atomic E-state index is 10.6. The quantitative estimate of drug-likeness (QED) is 0.483. The van der Waals surface area contributed by atoms with Gasteiger partial charge in [-0.15, -0.1) is 0 Å². The lowest BCUT2D eigenvalue weighted by Crippen LogP contribution is -2.22. The van der Waals surface area contributed by atoms with E-state index in [1.807, 2.05) is 30.3 Å². The van der Waals surface area contributed by atoms with Crippen molar-refractivity contribution < 1.29 is 27.8 Å². The number of aliphatic imine (C=N–C) groups is 1. The summed E-state index contributed by atoms with van der Waals surface area (Å²) in [5.41, 5.74) is 12.5. The second-order valence-electron chi connectivity index (χ2n) is 5.23. The van der Waals surface area contributed by atoms with Gasteiger partial charge in [-0.3, -0.25) is 0 Å².